The molecule has 1 fully saturated rings. The van der Waals surface area contributed by atoms with Crippen LogP contribution in [-0.4, -0.2) is 64.4 Å². The maximum Gasteiger partial charge on any atom is 0.255 e. The van der Waals surface area contributed by atoms with Gasteiger partial charge < -0.3 is 15.1 Å². The molecule has 0 aliphatic carbocycles. The molecule has 142 valence electrons. The zero-order valence-corrected chi connectivity index (χ0v) is 16.0. The average molecular weight is 366 g/mol. The van der Waals surface area contributed by atoms with E-state index in [1.165, 1.54) is 5.56 Å². The van der Waals surface area contributed by atoms with Crippen molar-refractivity contribution < 1.29 is 4.79 Å². The van der Waals surface area contributed by atoms with E-state index in [0.717, 1.165) is 56.2 Å². The number of hydrogen-bond acceptors (Lipinski definition) is 6. The highest BCUT2D eigenvalue weighted by atomic mass is 16.2. The van der Waals surface area contributed by atoms with E-state index < -0.39 is 0 Å². The summed E-state index contributed by atoms with van der Waals surface area (Å²) >= 11 is 0. The lowest BCUT2D eigenvalue weighted by molar-refractivity contribution is 0.0704. The summed E-state index contributed by atoms with van der Waals surface area (Å²) in [5.74, 6) is 2.02. The van der Waals surface area contributed by atoms with Crippen molar-refractivity contribution in [2.75, 3.05) is 39.0 Å². The topological polar surface area (TPSA) is 74.2 Å². The van der Waals surface area contributed by atoms with Crippen LogP contribution < -0.4 is 5.32 Å². The van der Waals surface area contributed by atoms with Crippen molar-refractivity contribution in [2.24, 2.45) is 0 Å². The van der Waals surface area contributed by atoms with Crippen LogP contribution in [0.2, 0.25) is 0 Å². The van der Waals surface area contributed by atoms with Crippen LogP contribution in [0.3, 0.4) is 0 Å². The molecule has 0 radical (unpaired) electrons. The highest BCUT2D eigenvalue weighted by Gasteiger charge is 2.29. The predicted molar refractivity (Wildman–Crippen MR) is 104 cm³/mol. The zero-order valence-electron chi connectivity index (χ0n) is 16.0. The number of pyridine rings is 1. The van der Waals surface area contributed by atoms with Crippen LogP contribution in [0.5, 0.6) is 0 Å². The molecule has 27 heavy (non-hydrogen) atoms. The molecule has 1 saturated heterocycles. The van der Waals surface area contributed by atoms with Crippen molar-refractivity contribution in [3.63, 3.8) is 0 Å². The summed E-state index contributed by atoms with van der Waals surface area (Å²) in [5, 5.41) is 3.25. The van der Waals surface area contributed by atoms with Crippen molar-refractivity contribution in [1.29, 1.82) is 0 Å². The number of fused-ring (bicyclic) bond motifs is 1. The Labute approximate surface area is 159 Å². The molecule has 1 N–H and O–H groups in total. The third kappa shape index (κ3) is 3.64. The highest BCUT2D eigenvalue weighted by molar-refractivity contribution is 5.94. The number of nitrogens with one attached hydrogen (secondary N) is 1. The average Bonchev–Trinajstić information content (AvgIpc) is 2.73. The van der Waals surface area contributed by atoms with Gasteiger partial charge in [-0.05, 0) is 32.0 Å². The normalized spacial score (nSPS) is 20.2. The number of nitrogens with zero attached hydrogens (tertiary/aromatic N) is 5. The van der Waals surface area contributed by atoms with Gasteiger partial charge >= 0.3 is 0 Å². The largest absolute Gasteiger partial charge is 0.373 e. The summed E-state index contributed by atoms with van der Waals surface area (Å²) in [6.45, 7) is 3.33. The van der Waals surface area contributed by atoms with Crippen molar-refractivity contribution in [1.82, 2.24) is 24.8 Å². The van der Waals surface area contributed by atoms with Crippen LogP contribution in [0.25, 0.3) is 0 Å². The number of carbonyl (C=O) groups excluding carboxylic acids is 1. The molecule has 2 aliphatic heterocycles. The molecule has 7 heteroatoms. The monoisotopic (exact) mass is 366 g/mol. The van der Waals surface area contributed by atoms with E-state index in [-0.39, 0.29) is 11.8 Å². The number of piperidine rings is 1. The van der Waals surface area contributed by atoms with E-state index in [0.29, 0.717) is 12.1 Å². The van der Waals surface area contributed by atoms with Gasteiger partial charge in [-0.3, -0.25) is 9.78 Å². The summed E-state index contributed by atoms with van der Waals surface area (Å²) in [6.07, 6.45) is 6.25. The van der Waals surface area contributed by atoms with Gasteiger partial charge in [0.05, 0.1) is 11.3 Å². The summed E-state index contributed by atoms with van der Waals surface area (Å²) in [6, 6.07) is 3.63. The lowest BCUT2D eigenvalue weighted by Gasteiger charge is -2.33. The van der Waals surface area contributed by atoms with Crippen LogP contribution in [-0.2, 0) is 13.0 Å². The van der Waals surface area contributed by atoms with Crippen molar-refractivity contribution in [2.45, 2.75) is 31.7 Å². The fraction of sp³-hybridized carbons (Fsp3) is 0.500. The van der Waals surface area contributed by atoms with Crippen molar-refractivity contribution in [3.05, 3.63) is 47.2 Å². The number of amides is 1. The zero-order chi connectivity index (χ0) is 18.8. The number of anilines is 1. The third-order valence-electron chi connectivity index (χ3n) is 5.49. The highest BCUT2D eigenvalue weighted by Crippen LogP contribution is 2.30. The van der Waals surface area contributed by atoms with Crippen LogP contribution in [0.15, 0.2) is 24.5 Å². The van der Waals surface area contributed by atoms with E-state index in [2.05, 4.69) is 22.2 Å². The molecule has 1 amide bonds. The van der Waals surface area contributed by atoms with Crippen LogP contribution in [0.4, 0.5) is 5.82 Å². The summed E-state index contributed by atoms with van der Waals surface area (Å²) in [7, 11) is 4.04. The Morgan fingerprint density at radius 3 is 2.96 bits per heavy atom. The molecule has 4 rings (SSSR count). The van der Waals surface area contributed by atoms with Gasteiger partial charge in [0.25, 0.3) is 5.91 Å². The van der Waals surface area contributed by atoms with E-state index in [1.807, 2.05) is 18.0 Å². The number of likely N-dealkylation sites (tertiary alicyclic amines) is 1. The molecule has 2 aromatic heterocycles. The second kappa shape index (κ2) is 7.60. The minimum absolute atomic E-state index is 0.0428. The van der Waals surface area contributed by atoms with Crippen molar-refractivity contribution >= 4 is 11.7 Å². The first-order valence-electron chi connectivity index (χ1n) is 9.61. The Morgan fingerprint density at radius 2 is 2.19 bits per heavy atom. The minimum Gasteiger partial charge on any atom is -0.373 e. The molecule has 2 aliphatic rings. The minimum atomic E-state index is 0.0428. The Balaban J connectivity index is 1.57. The molecule has 0 spiro atoms. The Bertz CT molecular complexity index is 807. The first-order chi connectivity index (χ1) is 13.2. The molecular weight excluding hydrogens is 340 g/mol. The Hall–Kier alpha value is -2.54. The number of rotatable bonds is 3. The molecule has 2 aromatic rings. The second-order valence-electron chi connectivity index (χ2n) is 7.43. The summed E-state index contributed by atoms with van der Waals surface area (Å²) in [4.78, 5) is 30.8. The van der Waals surface area contributed by atoms with Crippen LogP contribution >= 0.6 is 0 Å². The molecular formula is C20H26N6O. The second-order valence-corrected chi connectivity index (χ2v) is 7.43. The van der Waals surface area contributed by atoms with Crippen LogP contribution in [0.1, 0.15) is 46.2 Å². The molecule has 4 heterocycles. The van der Waals surface area contributed by atoms with Gasteiger partial charge in [-0.1, -0.05) is 0 Å². The molecule has 0 aromatic carbocycles. The molecule has 0 saturated carbocycles. The first kappa shape index (κ1) is 17.9. The standard InChI is InChI=1S/C20H26N6O/c1-21-19-16-13-25(2)10-7-17(16)23-18(24-19)15-6-4-9-26(12-15)20(27)14-5-3-8-22-11-14/h3,5,8,11,15H,4,6-7,9-10,12-13H2,1-2H3,(H,21,23,24)/t15-/m0/s1. The number of likely N-dealkylation sites (N-methyl/N-ethyl adjacent to an activating group) is 1. The summed E-state index contributed by atoms with van der Waals surface area (Å²) < 4.78 is 0. The van der Waals surface area contributed by atoms with Gasteiger partial charge in [-0.25, -0.2) is 9.97 Å². The van der Waals surface area contributed by atoms with Gasteiger partial charge in [0.2, 0.25) is 0 Å². The van der Waals surface area contributed by atoms with Gasteiger partial charge in [0, 0.05) is 63.5 Å². The SMILES string of the molecule is CNc1nc([C@H]2CCCN(C(=O)c3cccnc3)C2)nc2c1CN(C)CC2. The lowest BCUT2D eigenvalue weighted by Crippen LogP contribution is -2.40. The fourth-order valence-corrected chi connectivity index (χ4v) is 4.00. The lowest BCUT2D eigenvalue weighted by atomic mass is 9.95. The van der Waals surface area contributed by atoms with Crippen LogP contribution in [0, 0.1) is 0 Å². The third-order valence-corrected chi connectivity index (χ3v) is 5.49. The Kier molecular flexibility index (Phi) is 5.03. The number of hydrogen-bond donors (Lipinski definition) is 1. The van der Waals surface area contributed by atoms with E-state index >= 15 is 0 Å². The van der Waals surface area contributed by atoms with Gasteiger partial charge in [-0.15, -0.1) is 0 Å². The molecule has 0 unspecified atom stereocenters. The van der Waals surface area contributed by atoms with Gasteiger partial charge in [0.15, 0.2) is 0 Å². The smallest absolute Gasteiger partial charge is 0.255 e. The maximum atomic E-state index is 12.8. The number of carbonyl (C=O) groups is 1. The molecule has 7 nitrogen and oxygen atoms in total. The Morgan fingerprint density at radius 1 is 1.30 bits per heavy atom. The fourth-order valence-electron chi connectivity index (χ4n) is 4.00. The summed E-state index contributed by atoms with van der Waals surface area (Å²) in [5.41, 5.74) is 3.00. The maximum absolute atomic E-state index is 12.8. The van der Waals surface area contributed by atoms with Gasteiger partial charge in [-0.2, -0.15) is 0 Å². The predicted octanol–water partition coefficient (Wildman–Crippen LogP) is 1.92. The number of aromatic nitrogens is 3. The van der Waals surface area contributed by atoms with E-state index in [9.17, 15) is 4.79 Å². The quantitative estimate of drug-likeness (QED) is 0.895. The molecule has 0 bridgehead atoms. The van der Waals surface area contributed by atoms with E-state index in [1.54, 1.807) is 18.5 Å². The van der Waals surface area contributed by atoms with Crippen molar-refractivity contribution in [3.8, 4) is 0 Å². The van der Waals surface area contributed by atoms with E-state index in [4.69, 9.17) is 9.97 Å². The molecule has 1 atom stereocenters. The van der Waals surface area contributed by atoms with Gasteiger partial charge in [0.1, 0.15) is 11.6 Å². The first-order valence-corrected chi connectivity index (χ1v) is 9.61.